The van der Waals surface area contributed by atoms with E-state index in [1.54, 1.807) is 0 Å². The van der Waals surface area contributed by atoms with E-state index in [0.717, 1.165) is 33.0 Å². The lowest BCUT2D eigenvalue weighted by Gasteiger charge is -2.21. The zero-order chi connectivity index (χ0) is 22.1. The first-order valence-electron chi connectivity index (χ1n) is 10.9. The van der Waals surface area contributed by atoms with E-state index < -0.39 is 7.14 Å². The molecule has 0 spiro atoms. The minimum atomic E-state index is -2.83. The first kappa shape index (κ1) is 20.5. The Bertz CT molecular complexity index is 1300. The first-order valence-corrected chi connectivity index (χ1v) is 12.8. The SMILES string of the molecule is Cc1cc(-c2ccccc2)cc(C)c1C1=CN(c2ccccc2)CP1(=O)c1ccccc1. The monoisotopic (exact) mass is 435 g/mol. The van der Waals surface area contributed by atoms with Gasteiger partial charge < -0.3 is 9.46 Å². The van der Waals surface area contributed by atoms with Crippen LogP contribution in [-0.2, 0) is 4.57 Å². The number of rotatable bonds is 4. The molecule has 158 valence electrons. The van der Waals surface area contributed by atoms with Crippen LogP contribution in [0.25, 0.3) is 16.4 Å². The van der Waals surface area contributed by atoms with E-state index in [-0.39, 0.29) is 0 Å². The maximum Gasteiger partial charge on any atom is 0.163 e. The molecule has 0 amide bonds. The molecule has 3 heteroatoms. The van der Waals surface area contributed by atoms with Crippen molar-refractivity contribution in [1.82, 2.24) is 0 Å². The van der Waals surface area contributed by atoms with Gasteiger partial charge in [0.05, 0.1) is 6.29 Å². The molecule has 1 aliphatic heterocycles. The lowest BCUT2D eigenvalue weighted by atomic mass is 9.95. The van der Waals surface area contributed by atoms with E-state index in [4.69, 9.17) is 0 Å². The molecule has 0 radical (unpaired) electrons. The van der Waals surface area contributed by atoms with Gasteiger partial charge >= 0.3 is 0 Å². The molecule has 0 aromatic heterocycles. The molecule has 0 bridgehead atoms. The smallest absolute Gasteiger partial charge is 0.163 e. The van der Waals surface area contributed by atoms with Gasteiger partial charge in [0.25, 0.3) is 0 Å². The number of nitrogens with zero attached hydrogens (tertiary/aromatic N) is 1. The molecule has 0 saturated carbocycles. The van der Waals surface area contributed by atoms with Crippen LogP contribution in [0.3, 0.4) is 0 Å². The number of benzene rings is 4. The fourth-order valence-corrected chi connectivity index (χ4v) is 7.61. The Labute approximate surface area is 190 Å². The second-order valence-corrected chi connectivity index (χ2v) is 11.1. The molecule has 2 nitrogen and oxygen atoms in total. The van der Waals surface area contributed by atoms with Gasteiger partial charge in [-0.05, 0) is 53.8 Å². The third-order valence-corrected chi connectivity index (χ3v) is 9.13. The molecule has 1 atom stereocenters. The Morgan fingerprint density at radius 1 is 0.688 bits per heavy atom. The third-order valence-electron chi connectivity index (χ3n) is 6.18. The molecular formula is C29H26NOP. The standard InChI is InChI=1S/C29H26NOP/c1-22-18-25(24-12-6-3-7-13-24)19-23(2)29(22)28-20-30(26-14-8-4-9-15-26)21-32(28,31)27-16-10-5-11-17-27/h3-20H,21H2,1-2H3. The zero-order valence-electron chi connectivity index (χ0n) is 18.4. The van der Waals surface area contributed by atoms with Gasteiger partial charge in [0, 0.05) is 22.5 Å². The maximum atomic E-state index is 14.7. The van der Waals surface area contributed by atoms with Gasteiger partial charge in [-0.25, -0.2) is 0 Å². The van der Waals surface area contributed by atoms with Crippen molar-refractivity contribution < 1.29 is 4.57 Å². The van der Waals surface area contributed by atoms with Crippen LogP contribution < -0.4 is 10.2 Å². The Balaban J connectivity index is 1.67. The number of aryl methyl sites for hydroxylation is 2. The lowest BCUT2D eigenvalue weighted by molar-refractivity contribution is 0.588. The minimum absolute atomic E-state index is 0.482. The van der Waals surface area contributed by atoms with Crippen molar-refractivity contribution in [2.24, 2.45) is 0 Å². The van der Waals surface area contributed by atoms with Crippen LogP contribution in [0.4, 0.5) is 5.69 Å². The number of para-hydroxylation sites is 1. The summed E-state index contributed by atoms with van der Waals surface area (Å²) in [6.45, 7) is 4.27. The fourth-order valence-electron chi connectivity index (χ4n) is 4.65. The predicted molar refractivity (Wildman–Crippen MR) is 137 cm³/mol. The lowest BCUT2D eigenvalue weighted by Crippen LogP contribution is -2.16. The van der Waals surface area contributed by atoms with Crippen molar-refractivity contribution in [2.45, 2.75) is 13.8 Å². The van der Waals surface area contributed by atoms with E-state index in [9.17, 15) is 4.57 Å². The third kappa shape index (κ3) is 3.61. The molecule has 5 rings (SSSR count). The summed E-state index contributed by atoms with van der Waals surface area (Å²) in [6.07, 6.45) is 2.59. The van der Waals surface area contributed by atoms with Crippen LogP contribution in [-0.4, -0.2) is 6.29 Å². The summed E-state index contributed by atoms with van der Waals surface area (Å²) in [5.74, 6) is 0. The molecule has 1 aliphatic rings. The first-order chi connectivity index (χ1) is 15.6. The Morgan fingerprint density at radius 2 is 1.22 bits per heavy atom. The molecule has 4 aromatic rings. The van der Waals surface area contributed by atoms with Crippen LogP contribution in [0, 0.1) is 13.8 Å². The maximum absolute atomic E-state index is 14.7. The van der Waals surface area contributed by atoms with E-state index in [0.29, 0.717) is 6.29 Å². The molecule has 32 heavy (non-hydrogen) atoms. The van der Waals surface area contributed by atoms with Gasteiger partial charge in [-0.2, -0.15) is 0 Å². The molecule has 4 aromatic carbocycles. The van der Waals surface area contributed by atoms with Crippen LogP contribution in [0.15, 0.2) is 109 Å². The van der Waals surface area contributed by atoms with Crippen LogP contribution in [0.2, 0.25) is 0 Å². The van der Waals surface area contributed by atoms with Crippen molar-refractivity contribution in [3.63, 3.8) is 0 Å². The Morgan fingerprint density at radius 3 is 1.81 bits per heavy atom. The quantitative estimate of drug-likeness (QED) is 0.311. The largest absolute Gasteiger partial charge is 0.339 e. The molecular weight excluding hydrogens is 409 g/mol. The van der Waals surface area contributed by atoms with Gasteiger partial charge in [0.15, 0.2) is 7.14 Å². The van der Waals surface area contributed by atoms with Crippen molar-refractivity contribution in [3.8, 4) is 11.1 Å². The molecule has 0 saturated heterocycles. The van der Waals surface area contributed by atoms with Crippen LogP contribution >= 0.6 is 7.14 Å². The molecule has 0 aliphatic carbocycles. The van der Waals surface area contributed by atoms with Crippen LogP contribution in [0.5, 0.6) is 0 Å². The highest BCUT2D eigenvalue weighted by Crippen LogP contribution is 2.63. The van der Waals surface area contributed by atoms with Gasteiger partial charge in [-0.3, -0.25) is 0 Å². The van der Waals surface area contributed by atoms with Crippen LogP contribution in [0.1, 0.15) is 16.7 Å². The summed E-state index contributed by atoms with van der Waals surface area (Å²) in [5.41, 5.74) is 6.87. The fraction of sp³-hybridized carbons (Fsp3) is 0.103. The van der Waals surface area contributed by atoms with Gasteiger partial charge in [0.1, 0.15) is 0 Å². The molecule has 1 unspecified atom stereocenters. The Hall–Kier alpha value is -3.35. The highest BCUT2D eigenvalue weighted by molar-refractivity contribution is 7.81. The molecule has 1 heterocycles. The van der Waals surface area contributed by atoms with Crippen molar-refractivity contribution in [1.29, 1.82) is 0 Å². The summed E-state index contributed by atoms with van der Waals surface area (Å²) >= 11 is 0. The average Bonchev–Trinajstić information content (AvgIpc) is 3.18. The Kier molecular flexibility index (Phi) is 5.33. The molecule has 0 fully saturated rings. The van der Waals surface area contributed by atoms with Crippen molar-refractivity contribution in [2.75, 3.05) is 11.2 Å². The summed E-state index contributed by atoms with van der Waals surface area (Å²) < 4.78 is 14.7. The van der Waals surface area contributed by atoms with Crippen molar-refractivity contribution in [3.05, 3.63) is 126 Å². The second-order valence-electron chi connectivity index (χ2n) is 8.39. The van der Waals surface area contributed by atoms with E-state index >= 15 is 0 Å². The highest BCUT2D eigenvalue weighted by Gasteiger charge is 2.39. The summed E-state index contributed by atoms with van der Waals surface area (Å²) in [7, 11) is -2.83. The normalized spacial score (nSPS) is 17.9. The van der Waals surface area contributed by atoms with E-state index in [1.807, 2.05) is 54.6 Å². The number of hydrogen-bond acceptors (Lipinski definition) is 2. The van der Waals surface area contributed by atoms with Gasteiger partial charge in [-0.1, -0.05) is 91.0 Å². The summed E-state index contributed by atoms with van der Waals surface area (Å²) in [5, 5.41) is 1.86. The topological polar surface area (TPSA) is 20.3 Å². The van der Waals surface area contributed by atoms with Gasteiger partial charge in [-0.15, -0.1) is 0 Å². The predicted octanol–water partition coefficient (Wildman–Crippen LogP) is 7.44. The minimum Gasteiger partial charge on any atom is -0.339 e. The van der Waals surface area contributed by atoms with Crippen molar-refractivity contribution >= 4 is 23.4 Å². The van der Waals surface area contributed by atoms with E-state index in [1.165, 1.54) is 11.1 Å². The summed E-state index contributed by atoms with van der Waals surface area (Å²) in [4.78, 5) is 2.15. The van der Waals surface area contributed by atoms with E-state index in [2.05, 4.69) is 73.5 Å². The summed E-state index contributed by atoms with van der Waals surface area (Å²) in [6, 6.07) is 35.1. The zero-order valence-corrected chi connectivity index (χ0v) is 19.3. The molecule has 0 N–H and O–H groups in total. The van der Waals surface area contributed by atoms with Gasteiger partial charge in [0.2, 0.25) is 0 Å². The second kappa shape index (κ2) is 8.30. The average molecular weight is 436 g/mol. The number of anilines is 1. The number of hydrogen-bond donors (Lipinski definition) is 0. The highest BCUT2D eigenvalue weighted by atomic mass is 31.2.